The Bertz CT molecular complexity index is 416. The van der Waals surface area contributed by atoms with Gasteiger partial charge in [0.15, 0.2) is 0 Å². The molecule has 0 aliphatic heterocycles. The molecule has 1 aromatic rings. The second-order valence-corrected chi connectivity index (χ2v) is 3.51. The smallest absolute Gasteiger partial charge is 0.148 e. The summed E-state index contributed by atoms with van der Waals surface area (Å²) in [6.07, 6.45) is 10.1. The topological polar surface area (TPSA) is 18.5 Å². The van der Waals surface area contributed by atoms with Crippen LogP contribution in [0.2, 0.25) is 10.0 Å². The van der Waals surface area contributed by atoms with Crippen molar-refractivity contribution in [3.8, 4) is 36.2 Å². The highest BCUT2D eigenvalue weighted by atomic mass is 35.5. The van der Waals surface area contributed by atoms with Gasteiger partial charge in [-0.05, 0) is 6.07 Å². The van der Waals surface area contributed by atoms with Crippen LogP contribution in [0.25, 0.3) is 0 Å². The van der Waals surface area contributed by atoms with Crippen LogP contribution in [-0.2, 0) is 0 Å². The summed E-state index contributed by atoms with van der Waals surface area (Å²) in [5, 5.41) is 0.738. The van der Waals surface area contributed by atoms with Crippen molar-refractivity contribution >= 4 is 23.2 Å². The highest BCUT2D eigenvalue weighted by Crippen LogP contribution is 2.35. The van der Waals surface area contributed by atoms with E-state index < -0.39 is 0 Å². The van der Waals surface area contributed by atoms with E-state index in [1.165, 1.54) is 6.07 Å². The van der Waals surface area contributed by atoms with Gasteiger partial charge in [0.25, 0.3) is 0 Å². The molecule has 0 spiro atoms. The first-order valence-electron chi connectivity index (χ1n) is 4.30. The second kappa shape index (κ2) is 6.18. The van der Waals surface area contributed by atoms with Crippen molar-refractivity contribution in [2.24, 2.45) is 0 Å². The summed E-state index contributed by atoms with van der Waals surface area (Å²) >= 11 is 11.8. The van der Waals surface area contributed by atoms with E-state index in [9.17, 15) is 0 Å². The van der Waals surface area contributed by atoms with Crippen molar-refractivity contribution in [2.45, 2.75) is 0 Å². The maximum Gasteiger partial charge on any atom is 0.148 e. The van der Waals surface area contributed by atoms with Crippen molar-refractivity contribution in [1.29, 1.82) is 0 Å². The monoisotopic (exact) mass is 254 g/mol. The molecule has 4 heteroatoms. The lowest BCUT2D eigenvalue weighted by Gasteiger charge is -2.09. The highest BCUT2D eigenvalue weighted by Gasteiger charge is 2.09. The third-order valence-corrected chi connectivity index (χ3v) is 2.20. The summed E-state index contributed by atoms with van der Waals surface area (Å²) in [7, 11) is 0. The van der Waals surface area contributed by atoms with Crippen LogP contribution in [0, 0.1) is 24.7 Å². The van der Waals surface area contributed by atoms with Gasteiger partial charge < -0.3 is 9.47 Å². The molecule has 0 aliphatic rings. The molecule has 0 fully saturated rings. The fourth-order valence-corrected chi connectivity index (χ4v) is 1.46. The van der Waals surface area contributed by atoms with Gasteiger partial charge in [0.1, 0.15) is 24.7 Å². The van der Waals surface area contributed by atoms with Crippen molar-refractivity contribution in [2.75, 3.05) is 13.2 Å². The zero-order chi connectivity index (χ0) is 12.0. The predicted molar refractivity (Wildman–Crippen MR) is 65.1 cm³/mol. The number of rotatable bonds is 4. The van der Waals surface area contributed by atoms with Crippen molar-refractivity contribution in [1.82, 2.24) is 0 Å². The lowest BCUT2D eigenvalue weighted by atomic mass is 10.3. The first-order valence-corrected chi connectivity index (χ1v) is 5.06. The minimum Gasteiger partial charge on any atom is -0.479 e. The Kier molecular flexibility index (Phi) is 4.86. The first-order chi connectivity index (χ1) is 7.69. The van der Waals surface area contributed by atoms with Crippen LogP contribution >= 0.6 is 23.2 Å². The van der Waals surface area contributed by atoms with Crippen molar-refractivity contribution in [3.63, 3.8) is 0 Å². The van der Waals surface area contributed by atoms with Gasteiger partial charge in [-0.2, -0.15) is 0 Å². The highest BCUT2D eigenvalue weighted by molar-refractivity contribution is 6.36. The second-order valence-electron chi connectivity index (χ2n) is 2.70. The average Bonchev–Trinajstić information content (AvgIpc) is 2.26. The van der Waals surface area contributed by atoms with E-state index in [2.05, 4.69) is 11.8 Å². The minimum absolute atomic E-state index is 0.121. The first kappa shape index (κ1) is 12.6. The van der Waals surface area contributed by atoms with Crippen molar-refractivity contribution in [3.05, 3.63) is 22.2 Å². The molecule has 0 heterocycles. The van der Waals surface area contributed by atoms with Gasteiger partial charge in [0.2, 0.25) is 0 Å². The summed E-state index contributed by atoms with van der Waals surface area (Å²) in [5.74, 6) is 5.49. The van der Waals surface area contributed by atoms with E-state index in [4.69, 9.17) is 45.5 Å². The van der Waals surface area contributed by atoms with Gasteiger partial charge in [-0.25, -0.2) is 0 Å². The normalized spacial score (nSPS) is 9.00. The molecule has 0 N–H and O–H groups in total. The van der Waals surface area contributed by atoms with Gasteiger partial charge in [0, 0.05) is 6.07 Å². The fraction of sp³-hybridized carbons (Fsp3) is 0.167. The maximum atomic E-state index is 5.90. The predicted octanol–water partition coefficient (Wildman–Crippen LogP) is 3.02. The lowest BCUT2D eigenvalue weighted by Crippen LogP contribution is -1.98. The molecule has 2 nitrogen and oxygen atoms in total. The fourth-order valence-electron chi connectivity index (χ4n) is 0.971. The van der Waals surface area contributed by atoms with Gasteiger partial charge in [-0.3, -0.25) is 0 Å². The zero-order valence-electron chi connectivity index (χ0n) is 8.30. The molecule has 0 amide bonds. The average molecular weight is 255 g/mol. The largest absolute Gasteiger partial charge is 0.479 e. The number of hydrogen-bond acceptors (Lipinski definition) is 2. The van der Waals surface area contributed by atoms with Crippen LogP contribution in [0.15, 0.2) is 12.1 Å². The molecule has 1 aromatic carbocycles. The van der Waals surface area contributed by atoms with Gasteiger partial charge in [-0.15, -0.1) is 12.8 Å². The molecule has 0 atom stereocenters. The van der Waals surface area contributed by atoms with E-state index >= 15 is 0 Å². The van der Waals surface area contributed by atoms with E-state index in [0.717, 1.165) is 0 Å². The SMILES string of the molecule is C#CCOc1cc(OCC#C)c(Cl)cc1Cl. The van der Waals surface area contributed by atoms with Crippen LogP contribution in [0.5, 0.6) is 11.5 Å². The number of ether oxygens (including phenoxy) is 2. The van der Waals surface area contributed by atoms with Gasteiger partial charge in [0.05, 0.1) is 10.0 Å². The Labute approximate surface area is 104 Å². The molecule has 0 unspecified atom stereocenters. The molecule has 0 aromatic heterocycles. The molecule has 16 heavy (non-hydrogen) atoms. The molecule has 0 saturated heterocycles. The Hall–Kier alpha value is -1.48. The molecule has 0 bridgehead atoms. The lowest BCUT2D eigenvalue weighted by molar-refractivity contribution is 0.352. The summed E-state index contributed by atoms with van der Waals surface area (Å²) in [5.41, 5.74) is 0. The quantitative estimate of drug-likeness (QED) is 0.770. The van der Waals surface area contributed by atoms with Crippen LogP contribution < -0.4 is 9.47 Å². The Morgan fingerprint density at radius 1 is 0.938 bits per heavy atom. The standard InChI is InChI=1S/C12H8Cl2O2/c1-3-5-15-11-8-12(16-6-4-2)10(14)7-9(11)13/h1-2,7-8H,5-6H2. The van der Waals surface area contributed by atoms with Crippen LogP contribution in [0.1, 0.15) is 0 Å². The summed E-state index contributed by atoms with van der Waals surface area (Å²) in [6, 6.07) is 3.07. The van der Waals surface area contributed by atoms with Gasteiger partial charge in [-0.1, -0.05) is 35.0 Å². The Balaban J connectivity index is 2.93. The molecule has 0 radical (unpaired) electrons. The number of benzene rings is 1. The molecule has 82 valence electrons. The van der Waals surface area contributed by atoms with E-state index in [1.807, 2.05) is 0 Å². The van der Waals surface area contributed by atoms with Crippen LogP contribution in [0.4, 0.5) is 0 Å². The van der Waals surface area contributed by atoms with Gasteiger partial charge >= 0.3 is 0 Å². The maximum absolute atomic E-state index is 5.90. The molecule has 0 aliphatic carbocycles. The summed E-state index contributed by atoms with van der Waals surface area (Å²) < 4.78 is 10.4. The summed E-state index contributed by atoms with van der Waals surface area (Å²) in [6.45, 7) is 0.242. The third-order valence-electron chi connectivity index (χ3n) is 1.61. The van der Waals surface area contributed by atoms with Crippen molar-refractivity contribution < 1.29 is 9.47 Å². The van der Waals surface area contributed by atoms with E-state index in [-0.39, 0.29) is 13.2 Å². The Morgan fingerprint density at radius 2 is 1.38 bits per heavy atom. The third kappa shape index (κ3) is 3.28. The van der Waals surface area contributed by atoms with E-state index in [1.54, 1.807) is 6.07 Å². The Morgan fingerprint density at radius 3 is 1.75 bits per heavy atom. The number of terminal acetylenes is 2. The molecular weight excluding hydrogens is 247 g/mol. The van der Waals surface area contributed by atoms with E-state index in [0.29, 0.717) is 21.5 Å². The zero-order valence-corrected chi connectivity index (χ0v) is 9.81. The van der Waals surface area contributed by atoms with Crippen LogP contribution in [0.3, 0.4) is 0 Å². The molecule has 1 rings (SSSR count). The molecular formula is C12H8Cl2O2. The molecule has 0 saturated carbocycles. The summed E-state index contributed by atoms with van der Waals surface area (Å²) in [4.78, 5) is 0. The number of halogens is 2. The van der Waals surface area contributed by atoms with Crippen LogP contribution in [-0.4, -0.2) is 13.2 Å². The minimum atomic E-state index is 0.121. The number of hydrogen-bond donors (Lipinski definition) is 0.